The summed E-state index contributed by atoms with van der Waals surface area (Å²) in [4.78, 5) is 52.5. The number of amides is 1. The lowest BCUT2D eigenvalue weighted by Crippen LogP contribution is -2.15. The highest BCUT2D eigenvalue weighted by Gasteiger charge is 2.24. The molecule has 1 amide bonds. The maximum Gasteiger partial charge on any atom is 0.342 e. The number of nitrogens with two attached hydrogens (primary N) is 1. The molecule has 12 heteroatoms. The van der Waals surface area contributed by atoms with Crippen molar-refractivity contribution in [2.45, 2.75) is 13.3 Å². The molecular formula is C26H23N7O5. The minimum Gasteiger partial charge on any atom is -0.462 e. The highest BCUT2D eigenvalue weighted by Crippen LogP contribution is 2.31. The molecule has 0 saturated heterocycles. The van der Waals surface area contributed by atoms with Crippen LogP contribution in [0.25, 0.3) is 22.5 Å². The summed E-state index contributed by atoms with van der Waals surface area (Å²) in [6.45, 7) is 2.22. The number of rotatable bonds is 10. The van der Waals surface area contributed by atoms with Gasteiger partial charge in [0.15, 0.2) is 0 Å². The zero-order chi connectivity index (χ0) is 27.1. The first-order valence-corrected chi connectivity index (χ1v) is 11.6. The van der Waals surface area contributed by atoms with Crippen LogP contribution in [0, 0.1) is 10.1 Å². The molecular weight excluding hydrogens is 490 g/mol. The summed E-state index contributed by atoms with van der Waals surface area (Å²) in [7, 11) is 0. The second-order valence-electron chi connectivity index (χ2n) is 7.95. The predicted molar refractivity (Wildman–Crippen MR) is 138 cm³/mol. The molecule has 192 valence electrons. The first kappa shape index (κ1) is 25.8. The van der Waals surface area contributed by atoms with Crippen molar-refractivity contribution in [2.24, 2.45) is 5.73 Å². The maximum atomic E-state index is 13.1. The van der Waals surface area contributed by atoms with E-state index in [9.17, 15) is 19.7 Å². The van der Waals surface area contributed by atoms with E-state index in [0.717, 1.165) is 0 Å². The molecule has 0 aliphatic heterocycles. The van der Waals surface area contributed by atoms with Gasteiger partial charge in [-0.1, -0.05) is 12.1 Å². The van der Waals surface area contributed by atoms with Gasteiger partial charge in [-0.2, -0.15) is 0 Å². The standard InChI is InChI=1S/C26H23N7O5/c1-2-38-26(35)22-23(16-3-5-18(6-4-16)25(27)34)31-21(32-24(22)17-9-12-28-13-10-17)11-14-29-20-8-7-19(15-30-20)33(36)37/h3-10,12-13,15H,2,11,14H2,1H3,(H2,27,34)(H,29,30). The van der Waals surface area contributed by atoms with Gasteiger partial charge in [-0.25, -0.2) is 19.7 Å². The minimum absolute atomic E-state index is 0.109. The topological polar surface area (TPSA) is 176 Å². The van der Waals surface area contributed by atoms with Gasteiger partial charge in [0.1, 0.15) is 23.4 Å². The van der Waals surface area contributed by atoms with Gasteiger partial charge in [0.05, 0.1) is 22.9 Å². The smallest absolute Gasteiger partial charge is 0.342 e. The van der Waals surface area contributed by atoms with Crippen LogP contribution >= 0.6 is 0 Å². The summed E-state index contributed by atoms with van der Waals surface area (Å²) >= 11 is 0. The van der Waals surface area contributed by atoms with Gasteiger partial charge in [-0.05, 0) is 37.3 Å². The van der Waals surface area contributed by atoms with Crippen molar-refractivity contribution in [1.29, 1.82) is 0 Å². The minimum atomic E-state index is -0.590. The number of nitro groups is 1. The number of primary amides is 1. The van der Waals surface area contributed by atoms with Crippen LogP contribution in [-0.4, -0.2) is 49.9 Å². The third-order valence-electron chi connectivity index (χ3n) is 5.44. The Bertz CT molecular complexity index is 1460. The highest BCUT2D eigenvalue weighted by molar-refractivity contribution is 6.02. The Hall–Kier alpha value is -5.26. The molecule has 0 bridgehead atoms. The molecule has 0 atom stereocenters. The van der Waals surface area contributed by atoms with Crippen molar-refractivity contribution in [2.75, 3.05) is 18.5 Å². The van der Waals surface area contributed by atoms with Gasteiger partial charge in [-0.15, -0.1) is 0 Å². The average Bonchev–Trinajstić information content (AvgIpc) is 2.93. The summed E-state index contributed by atoms with van der Waals surface area (Å²) in [6, 6.07) is 12.8. The molecule has 0 aliphatic rings. The number of aromatic nitrogens is 4. The van der Waals surface area contributed by atoms with Gasteiger partial charge < -0.3 is 15.8 Å². The normalized spacial score (nSPS) is 10.6. The van der Waals surface area contributed by atoms with Crippen LogP contribution in [0.3, 0.4) is 0 Å². The number of anilines is 1. The van der Waals surface area contributed by atoms with Crippen molar-refractivity contribution in [3.63, 3.8) is 0 Å². The van der Waals surface area contributed by atoms with Crippen molar-refractivity contribution in [3.8, 4) is 22.5 Å². The third-order valence-corrected chi connectivity index (χ3v) is 5.44. The number of esters is 1. The molecule has 3 aromatic heterocycles. The molecule has 0 unspecified atom stereocenters. The van der Waals surface area contributed by atoms with Crippen molar-refractivity contribution in [3.05, 3.63) is 94.2 Å². The number of nitrogens with one attached hydrogen (secondary N) is 1. The van der Waals surface area contributed by atoms with Gasteiger partial charge in [0.25, 0.3) is 5.69 Å². The first-order valence-electron chi connectivity index (χ1n) is 11.6. The van der Waals surface area contributed by atoms with E-state index in [4.69, 9.17) is 10.5 Å². The Morgan fingerprint density at radius 2 is 1.66 bits per heavy atom. The van der Waals surface area contributed by atoms with E-state index >= 15 is 0 Å². The van der Waals surface area contributed by atoms with Gasteiger partial charge in [-0.3, -0.25) is 19.9 Å². The SMILES string of the molecule is CCOC(=O)c1c(-c2ccncc2)nc(CCNc2ccc([N+](=O)[O-])cn2)nc1-c1ccc(C(N)=O)cc1. The molecule has 12 nitrogen and oxygen atoms in total. The van der Waals surface area contributed by atoms with Gasteiger partial charge in [0.2, 0.25) is 5.91 Å². The molecule has 4 aromatic rings. The number of carbonyl (C=O) groups excluding carboxylic acids is 2. The maximum absolute atomic E-state index is 13.1. The molecule has 0 fully saturated rings. The molecule has 1 aromatic carbocycles. The van der Waals surface area contributed by atoms with E-state index in [2.05, 4.69) is 25.3 Å². The fourth-order valence-electron chi connectivity index (χ4n) is 3.64. The second kappa shape index (κ2) is 11.6. The van der Waals surface area contributed by atoms with Crippen LogP contribution in [0.1, 0.15) is 33.5 Å². The molecule has 0 radical (unpaired) electrons. The molecule has 0 spiro atoms. The van der Waals surface area contributed by atoms with Crippen molar-refractivity contribution in [1.82, 2.24) is 19.9 Å². The predicted octanol–water partition coefficient (Wildman–Crippen LogP) is 3.44. The average molecular weight is 514 g/mol. The Morgan fingerprint density at radius 1 is 1.00 bits per heavy atom. The lowest BCUT2D eigenvalue weighted by Gasteiger charge is -2.15. The van der Waals surface area contributed by atoms with Crippen LogP contribution in [0.4, 0.5) is 11.5 Å². The Labute approximate surface area is 217 Å². The van der Waals surface area contributed by atoms with E-state index in [-0.39, 0.29) is 17.9 Å². The zero-order valence-corrected chi connectivity index (χ0v) is 20.3. The molecule has 3 heterocycles. The number of benzene rings is 1. The van der Waals surface area contributed by atoms with E-state index in [1.54, 1.807) is 55.7 Å². The van der Waals surface area contributed by atoms with Gasteiger partial charge >= 0.3 is 5.97 Å². The van der Waals surface area contributed by atoms with Crippen LogP contribution in [-0.2, 0) is 11.2 Å². The Balaban J connectivity index is 1.74. The van der Waals surface area contributed by atoms with E-state index in [0.29, 0.717) is 52.7 Å². The molecule has 0 saturated carbocycles. The summed E-state index contributed by atoms with van der Waals surface area (Å²) < 4.78 is 5.34. The quantitative estimate of drug-likeness (QED) is 0.181. The Morgan fingerprint density at radius 3 is 2.21 bits per heavy atom. The van der Waals surface area contributed by atoms with Crippen LogP contribution in [0.5, 0.6) is 0 Å². The fourth-order valence-corrected chi connectivity index (χ4v) is 3.64. The molecule has 4 rings (SSSR count). The first-order chi connectivity index (χ1) is 18.4. The molecule has 38 heavy (non-hydrogen) atoms. The third kappa shape index (κ3) is 5.93. The molecule has 3 N–H and O–H groups in total. The number of pyridine rings is 2. The van der Waals surface area contributed by atoms with Crippen LogP contribution in [0.2, 0.25) is 0 Å². The number of hydrogen-bond acceptors (Lipinski definition) is 10. The fraction of sp³-hybridized carbons (Fsp3) is 0.154. The summed E-state index contributed by atoms with van der Waals surface area (Å²) in [5, 5.41) is 13.9. The molecule has 0 aliphatic carbocycles. The zero-order valence-electron chi connectivity index (χ0n) is 20.3. The van der Waals surface area contributed by atoms with Crippen LogP contribution < -0.4 is 11.1 Å². The monoisotopic (exact) mass is 513 g/mol. The second-order valence-corrected chi connectivity index (χ2v) is 7.95. The largest absolute Gasteiger partial charge is 0.462 e. The lowest BCUT2D eigenvalue weighted by atomic mass is 9.99. The summed E-state index contributed by atoms with van der Waals surface area (Å²) in [6.07, 6.45) is 4.69. The van der Waals surface area contributed by atoms with Gasteiger partial charge in [0, 0.05) is 48.1 Å². The van der Waals surface area contributed by atoms with E-state index < -0.39 is 16.8 Å². The van der Waals surface area contributed by atoms with Crippen molar-refractivity contribution < 1.29 is 19.2 Å². The number of ether oxygens (including phenoxy) is 1. The van der Waals surface area contributed by atoms with Crippen LogP contribution in [0.15, 0.2) is 67.1 Å². The van der Waals surface area contributed by atoms with E-state index in [1.165, 1.54) is 18.3 Å². The lowest BCUT2D eigenvalue weighted by molar-refractivity contribution is -0.385. The number of hydrogen-bond donors (Lipinski definition) is 2. The highest BCUT2D eigenvalue weighted by atomic mass is 16.6. The summed E-state index contributed by atoms with van der Waals surface area (Å²) in [5.41, 5.74) is 7.69. The number of nitrogens with zero attached hydrogens (tertiary/aromatic N) is 5. The number of carbonyl (C=O) groups is 2. The van der Waals surface area contributed by atoms with E-state index in [1.807, 2.05) is 0 Å². The van der Waals surface area contributed by atoms with Crippen molar-refractivity contribution >= 4 is 23.4 Å². The summed E-state index contributed by atoms with van der Waals surface area (Å²) in [5.74, 6) is -0.286. The Kier molecular flexibility index (Phi) is 7.92.